The van der Waals surface area contributed by atoms with Crippen molar-refractivity contribution < 1.29 is 4.74 Å². The summed E-state index contributed by atoms with van der Waals surface area (Å²) in [5, 5.41) is 4.06. The summed E-state index contributed by atoms with van der Waals surface area (Å²) in [6.07, 6.45) is 0. The van der Waals surface area contributed by atoms with E-state index in [0.717, 1.165) is 27.6 Å². The number of halogens is 1. The number of nitrogen functional groups attached to an aromatic ring is 1. The van der Waals surface area contributed by atoms with E-state index < -0.39 is 0 Å². The summed E-state index contributed by atoms with van der Waals surface area (Å²) in [5.74, 6) is 0.758. The van der Waals surface area contributed by atoms with Gasteiger partial charge in [-0.2, -0.15) is 0 Å². The first kappa shape index (κ1) is 16.2. The number of anilines is 2. The number of nitrogens with two attached hydrogens (primary N) is 1. The molecule has 0 aromatic heterocycles. The second-order valence-corrected chi connectivity index (χ2v) is 5.94. The molecule has 3 nitrogen and oxygen atoms in total. The van der Waals surface area contributed by atoms with Crippen LogP contribution in [0.5, 0.6) is 5.75 Å². The molecule has 0 saturated carbocycles. The van der Waals surface area contributed by atoms with Gasteiger partial charge in [-0.3, -0.25) is 0 Å². The van der Waals surface area contributed by atoms with E-state index in [4.69, 9.17) is 22.1 Å². The van der Waals surface area contributed by atoms with E-state index in [1.165, 1.54) is 0 Å². The average molecular weight is 339 g/mol. The molecule has 4 heteroatoms. The third kappa shape index (κ3) is 4.43. The van der Waals surface area contributed by atoms with Crippen molar-refractivity contribution in [1.29, 1.82) is 0 Å². The minimum absolute atomic E-state index is 0.526. The van der Waals surface area contributed by atoms with Gasteiger partial charge in [0, 0.05) is 17.6 Å². The fourth-order valence-corrected chi connectivity index (χ4v) is 2.46. The summed E-state index contributed by atoms with van der Waals surface area (Å²) < 4.78 is 5.78. The Labute approximate surface area is 147 Å². The predicted octanol–water partition coefficient (Wildman–Crippen LogP) is 5.11. The van der Waals surface area contributed by atoms with E-state index in [1.807, 2.05) is 72.8 Å². The molecule has 0 saturated heterocycles. The fraction of sp³-hybridized carbons (Fsp3) is 0.100. The first-order valence-corrected chi connectivity index (χ1v) is 8.13. The van der Waals surface area contributed by atoms with E-state index in [2.05, 4.69) is 5.32 Å². The predicted molar refractivity (Wildman–Crippen MR) is 100 cm³/mol. The molecule has 24 heavy (non-hydrogen) atoms. The number of nitrogens with one attached hydrogen (secondary N) is 1. The van der Waals surface area contributed by atoms with Gasteiger partial charge in [-0.1, -0.05) is 54.1 Å². The Morgan fingerprint density at radius 3 is 2.33 bits per heavy atom. The van der Waals surface area contributed by atoms with Gasteiger partial charge in [0.1, 0.15) is 12.4 Å². The van der Waals surface area contributed by atoms with Crippen molar-refractivity contribution in [3.05, 3.63) is 88.9 Å². The largest absolute Gasteiger partial charge is 0.489 e. The Kier molecular flexibility index (Phi) is 5.24. The molecule has 0 atom stereocenters. The maximum Gasteiger partial charge on any atom is 0.122 e. The van der Waals surface area contributed by atoms with Gasteiger partial charge in [-0.05, 0) is 35.4 Å². The summed E-state index contributed by atoms with van der Waals surface area (Å²) in [7, 11) is 0. The lowest BCUT2D eigenvalue weighted by atomic mass is 10.2. The standard InChI is InChI=1S/C20H19ClN2O/c21-17-8-6-15(7-9-17)13-23-20-11-10-18(12-19(20)22)24-14-16-4-2-1-3-5-16/h1-12,23H,13-14,22H2. The van der Waals surface area contributed by atoms with Crippen LogP contribution < -0.4 is 15.8 Å². The first-order valence-electron chi connectivity index (χ1n) is 7.75. The average Bonchev–Trinajstić information content (AvgIpc) is 2.61. The Morgan fingerprint density at radius 1 is 0.875 bits per heavy atom. The number of hydrogen-bond acceptors (Lipinski definition) is 3. The molecule has 122 valence electrons. The molecule has 0 aliphatic carbocycles. The smallest absolute Gasteiger partial charge is 0.122 e. The molecule has 0 unspecified atom stereocenters. The van der Waals surface area contributed by atoms with Crippen LogP contribution in [0.25, 0.3) is 0 Å². The number of ether oxygens (including phenoxy) is 1. The van der Waals surface area contributed by atoms with Gasteiger partial charge in [0.25, 0.3) is 0 Å². The Balaban J connectivity index is 1.59. The second-order valence-electron chi connectivity index (χ2n) is 5.50. The Hall–Kier alpha value is -2.65. The molecule has 0 aliphatic heterocycles. The molecule has 0 aliphatic rings. The van der Waals surface area contributed by atoms with Crippen LogP contribution in [-0.2, 0) is 13.2 Å². The Morgan fingerprint density at radius 2 is 1.62 bits per heavy atom. The van der Waals surface area contributed by atoms with Crippen molar-refractivity contribution in [2.75, 3.05) is 11.1 Å². The van der Waals surface area contributed by atoms with Crippen LogP contribution in [0.2, 0.25) is 5.02 Å². The van der Waals surface area contributed by atoms with Crippen molar-refractivity contribution in [3.8, 4) is 5.75 Å². The van der Waals surface area contributed by atoms with Crippen LogP contribution in [-0.4, -0.2) is 0 Å². The minimum atomic E-state index is 0.526. The molecule has 3 aromatic carbocycles. The quantitative estimate of drug-likeness (QED) is 0.614. The van der Waals surface area contributed by atoms with Gasteiger partial charge in [-0.15, -0.1) is 0 Å². The van der Waals surface area contributed by atoms with E-state index >= 15 is 0 Å². The van der Waals surface area contributed by atoms with E-state index in [-0.39, 0.29) is 0 Å². The van der Waals surface area contributed by atoms with Crippen LogP contribution in [0.3, 0.4) is 0 Å². The molecular formula is C20H19ClN2O. The van der Waals surface area contributed by atoms with E-state index in [1.54, 1.807) is 0 Å². The molecule has 0 fully saturated rings. The molecule has 0 amide bonds. The van der Waals surface area contributed by atoms with Crippen molar-refractivity contribution in [1.82, 2.24) is 0 Å². The molecule has 0 heterocycles. The van der Waals surface area contributed by atoms with Crippen LogP contribution in [0.15, 0.2) is 72.8 Å². The second kappa shape index (κ2) is 7.75. The van der Waals surface area contributed by atoms with Gasteiger partial charge >= 0.3 is 0 Å². The van der Waals surface area contributed by atoms with Gasteiger partial charge in [-0.25, -0.2) is 0 Å². The lowest BCUT2D eigenvalue weighted by Gasteiger charge is -2.12. The van der Waals surface area contributed by atoms with Gasteiger partial charge in [0.2, 0.25) is 0 Å². The van der Waals surface area contributed by atoms with Crippen molar-refractivity contribution in [3.63, 3.8) is 0 Å². The van der Waals surface area contributed by atoms with E-state index in [9.17, 15) is 0 Å². The topological polar surface area (TPSA) is 47.3 Å². The highest BCUT2D eigenvalue weighted by Gasteiger charge is 2.03. The molecule has 0 radical (unpaired) electrons. The molecular weight excluding hydrogens is 320 g/mol. The third-order valence-corrected chi connectivity index (χ3v) is 3.92. The van der Waals surface area contributed by atoms with Crippen molar-refractivity contribution >= 4 is 23.0 Å². The van der Waals surface area contributed by atoms with Crippen LogP contribution in [0.4, 0.5) is 11.4 Å². The van der Waals surface area contributed by atoms with Gasteiger partial charge in [0.15, 0.2) is 0 Å². The summed E-state index contributed by atoms with van der Waals surface area (Å²) in [4.78, 5) is 0. The molecule has 3 rings (SSSR count). The highest BCUT2D eigenvalue weighted by molar-refractivity contribution is 6.30. The lowest BCUT2D eigenvalue weighted by molar-refractivity contribution is 0.306. The number of rotatable bonds is 6. The first-order chi connectivity index (χ1) is 11.7. The number of benzene rings is 3. The van der Waals surface area contributed by atoms with E-state index in [0.29, 0.717) is 18.8 Å². The summed E-state index contributed by atoms with van der Waals surface area (Å²) in [6.45, 7) is 1.21. The summed E-state index contributed by atoms with van der Waals surface area (Å²) >= 11 is 5.89. The zero-order chi connectivity index (χ0) is 16.8. The molecule has 3 aromatic rings. The van der Waals surface area contributed by atoms with Crippen LogP contribution in [0.1, 0.15) is 11.1 Å². The monoisotopic (exact) mass is 338 g/mol. The molecule has 3 N–H and O–H groups in total. The molecule has 0 spiro atoms. The highest BCUT2D eigenvalue weighted by Crippen LogP contribution is 2.25. The van der Waals surface area contributed by atoms with Crippen LogP contribution >= 0.6 is 11.6 Å². The van der Waals surface area contributed by atoms with Crippen molar-refractivity contribution in [2.45, 2.75) is 13.2 Å². The normalized spacial score (nSPS) is 10.4. The number of hydrogen-bond donors (Lipinski definition) is 2. The van der Waals surface area contributed by atoms with Gasteiger partial charge in [0.05, 0.1) is 11.4 Å². The maximum atomic E-state index is 6.11. The zero-order valence-corrected chi connectivity index (χ0v) is 14.0. The zero-order valence-electron chi connectivity index (χ0n) is 13.2. The third-order valence-electron chi connectivity index (χ3n) is 3.67. The summed E-state index contributed by atoms with van der Waals surface area (Å²) in [6, 6.07) is 23.5. The Bertz CT molecular complexity index is 788. The van der Waals surface area contributed by atoms with Crippen molar-refractivity contribution in [2.24, 2.45) is 0 Å². The molecule has 0 bridgehead atoms. The maximum absolute atomic E-state index is 6.11. The fourth-order valence-electron chi connectivity index (χ4n) is 2.33. The van der Waals surface area contributed by atoms with Gasteiger partial charge < -0.3 is 15.8 Å². The SMILES string of the molecule is Nc1cc(OCc2ccccc2)ccc1NCc1ccc(Cl)cc1. The van der Waals surface area contributed by atoms with Crippen LogP contribution in [0, 0.1) is 0 Å². The highest BCUT2D eigenvalue weighted by atomic mass is 35.5. The summed E-state index contributed by atoms with van der Waals surface area (Å²) in [5.41, 5.74) is 9.93. The lowest BCUT2D eigenvalue weighted by Crippen LogP contribution is -2.03. The minimum Gasteiger partial charge on any atom is -0.489 e.